The SMILES string of the molecule is Cc1ccc(-n2c(SCCn3cncn3)nc3ccccc3c2=O)c(C)c1. The first-order chi connectivity index (χ1) is 13.1. The highest BCUT2D eigenvalue weighted by atomic mass is 32.2. The molecule has 0 aliphatic rings. The van der Waals surface area contributed by atoms with E-state index in [9.17, 15) is 4.79 Å². The van der Waals surface area contributed by atoms with Crippen LogP contribution in [0.3, 0.4) is 0 Å². The van der Waals surface area contributed by atoms with Gasteiger partial charge in [-0.25, -0.2) is 9.97 Å². The van der Waals surface area contributed by atoms with E-state index in [-0.39, 0.29) is 5.56 Å². The van der Waals surface area contributed by atoms with Gasteiger partial charge in [-0.3, -0.25) is 14.0 Å². The summed E-state index contributed by atoms with van der Waals surface area (Å²) in [5.41, 5.74) is 3.75. The van der Waals surface area contributed by atoms with Gasteiger partial charge < -0.3 is 0 Å². The normalized spacial score (nSPS) is 11.2. The maximum Gasteiger partial charge on any atom is 0.266 e. The zero-order valence-electron chi connectivity index (χ0n) is 15.2. The number of hydrogen-bond acceptors (Lipinski definition) is 5. The number of thioether (sulfide) groups is 1. The Morgan fingerprint density at radius 3 is 2.74 bits per heavy atom. The van der Waals surface area contributed by atoms with Gasteiger partial charge in [0.25, 0.3) is 5.56 Å². The largest absolute Gasteiger partial charge is 0.268 e. The molecule has 2 heterocycles. The molecule has 0 bridgehead atoms. The zero-order chi connectivity index (χ0) is 18.8. The third-order valence-corrected chi connectivity index (χ3v) is 5.28. The predicted octanol–water partition coefficient (Wildman–Crippen LogP) is 3.39. The molecule has 0 spiro atoms. The molecule has 0 fully saturated rings. The molecule has 0 N–H and O–H groups in total. The highest BCUT2D eigenvalue weighted by Crippen LogP contribution is 2.23. The van der Waals surface area contributed by atoms with Crippen LogP contribution in [0.25, 0.3) is 16.6 Å². The summed E-state index contributed by atoms with van der Waals surface area (Å²) in [6.07, 6.45) is 3.20. The van der Waals surface area contributed by atoms with Gasteiger partial charge in [-0.15, -0.1) is 0 Å². The van der Waals surface area contributed by atoms with Crippen molar-refractivity contribution in [1.29, 1.82) is 0 Å². The lowest BCUT2D eigenvalue weighted by molar-refractivity contribution is 0.663. The van der Waals surface area contributed by atoms with E-state index in [0.717, 1.165) is 17.0 Å². The second-order valence-electron chi connectivity index (χ2n) is 6.35. The number of aromatic nitrogens is 5. The molecule has 2 aromatic heterocycles. The van der Waals surface area contributed by atoms with E-state index in [0.29, 0.717) is 22.6 Å². The first kappa shape index (κ1) is 17.5. The molecule has 0 unspecified atom stereocenters. The molecule has 0 radical (unpaired) electrons. The maximum absolute atomic E-state index is 13.3. The van der Waals surface area contributed by atoms with Crippen molar-refractivity contribution in [3.05, 3.63) is 76.6 Å². The van der Waals surface area contributed by atoms with Gasteiger partial charge in [0.15, 0.2) is 5.16 Å². The van der Waals surface area contributed by atoms with Crippen molar-refractivity contribution in [2.75, 3.05) is 5.75 Å². The van der Waals surface area contributed by atoms with E-state index in [1.54, 1.807) is 27.3 Å². The number of benzene rings is 2. The lowest BCUT2D eigenvalue weighted by Gasteiger charge is -2.15. The van der Waals surface area contributed by atoms with Crippen LogP contribution in [0.1, 0.15) is 11.1 Å². The molecule has 27 heavy (non-hydrogen) atoms. The van der Waals surface area contributed by atoms with Crippen LogP contribution in [-0.2, 0) is 6.54 Å². The molecule has 0 atom stereocenters. The Morgan fingerprint density at radius 1 is 1.11 bits per heavy atom. The van der Waals surface area contributed by atoms with Crippen molar-refractivity contribution in [2.45, 2.75) is 25.5 Å². The molecule has 0 saturated carbocycles. The lowest BCUT2D eigenvalue weighted by atomic mass is 10.1. The highest BCUT2D eigenvalue weighted by molar-refractivity contribution is 7.99. The van der Waals surface area contributed by atoms with Crippen molar-refractivity contribution < 1.29 is 0 Å². The Morgan fingerprint density at radius 2 is 1.96 bits per heavy atom. The molecule has 0 aliphatic heterocycles. The van der Waals surface area contributed by atoms with Crippen LogP contribution in [0.15, 0.2) is 65.1 Å². The van der Waals surface area contributed by atoms with Crippen molar-refractivity contribution in [3.63, 3.8) is 0 Å². The van der Waals surface area contributed by atoms with Crippen molar-refractivity contribution in [1.82, 2.24) is 24.3 Å². The van der Waals surface area contributed by atoms with Crippen LogP contribution in [0.5, 0.6) is 0 Å². The number of rotatable bonds is 5. The number of nitrogens with zero attached hydrogens (tertiary/aromatic N) is 5. The summed E-state index contributed by atoms with van der Waals surface area (Å²) in [5.74, 6) is 0.735. The van der Waals surface area contributed by atoms with Gasteiger partial charge in [0.2, 0.25) is 0 Å². The van der Waals surface area contributed by atoms with Crippen LogP contribution in [0.4, 0.5) is 0 Å². The Balaban J connectivity index is 1.81. The predicted molar refractivity (Wildman–Crippen MR) is 108 cm³/mol. The Hall–Kier alpha value is -2.93. The molecule has 136 valence electrons. The molecular weight excluding hydrogens is 358 g/mol. The van der Waals surface area contributed by atoms with E-state index in [2.05, 4.69) is 16.1 Å². The topological polar surface area (TPSA) is 65.6 Å². The Labute approximate surface area is 160 Å². The molecular formula is C20H19N5OS. The fraction of sp³-hybridized carbons (Fsp3) is 0.200. The summed E-state index contributed by atoms with van der Waals surface area (Å²) < 4.78 is 3.50. The molecule has 7 heteroatoms. The van der Waals surface area contributed by atoms with Gasteiger partial charge in [-0.1, -0.05) is 41.6 Å². The number of para-hydroxylation sites is 1. The minimum Gasteiger partial charge on any atom is -0.268 e. The molecule has 2 aromatic carbocycles. The number of hydrogen-bond donors (Lipinski definition) is 0. The van der Waals surface area contributed by atoms with Crippen LogP contribution in [-0.4, -0.2) is 30.1 Å². The van der Waals surface area contributed by atoms with E-state index < -0.39 is 0 Å². The fourth-order valence-electron chi connectivity index (χ4n) is 3.06. The monoisotopic (exact) mass is 377 g/mol. The second-order valence-corrected chi connectivity index (χ2v) is 7.41. The van der Waals surface area contributed by atoms with Gasteiger partial charge in [0.1, 0.15) is 12.7 Å². The highest BCUT2D eigenvalue weighted by Gasteiger charge is 2.14. The lowest BCUT2D eigenvalue weighted by Crippen LogP contribution is -2.22. The van der Waals surface area contributed by atoms with E-state index >= 15 is 0 Å². The smallest absolute Gasteiger partial charge is 0.266 e. The average molecular weight is 377 g/mol. The van der Waals surface area contributed by atoms with E-state index in [4.69, 9.17) is 4.98 Å². The summed E-state index contributed by atoms with van der Waals surface area (Å²) in [5, 5.41) is 5.43. The van der Waals surface area contributed by atoms with Gasteiger partial charge in [-0.05, 0) is 37.6 Å². The van der Waals surface area contributed by atoms with Gasteiger partial charge >= 0.3 is 0 Å². The standard InChI is InChI=1S/C20H19N5OS/c1-14-7-8-18(15(2)11-14)25-19(26)16-5-3-4-6-17(16)23-20(25)27-10-9-24-13-21-12-22-24/h3-8,11-13H,9-10H2,1-2H3. The molecule has 4 rings (SSSR count). The van der Waals surface area contributed by atoms with Crippen LogP contribution in [0, 0.1) is 13.8 Å². The van der Waals surface area contributed by atoms with Crippen LogP contribution in [0.2, 0.25) is 0 Å². The molecule has 0 aliphatic carbocycles. The fourth-order valence-corrected chi connectivity index (χ4v) is 3.99. The first-order valence-corrected chi connectivity index (χ1v) is 9.66. The van der Waals surface area contributed by atoms with Crippen LogP contribution < -0.4 is 5.56 Å². The minimum atomic E-state index is -0.0455. The number of fused-ring (bicyclic) bond motifs is 1. The quantitative estimate of drug-likeness (QED) is 0.394. The zero-order valence-corrected chi connectivity index (χ0v) is 16.0. The first-order valence-electron chi connectivity index (χ1n) is 8.68. The maximum atomic E-state index is 13.3. The third kappa shape index (κ3) is 3.50. The van der Waals surface area contributed by atoms with Crippen LogP contribution >= 0.6 is 11.8 Å². The van der Waals surface area contributed by atoms with Gasteiger partial charge in [-0.2, -0.15) is 5.10 Å². The van der Waals surface area contributed by atoms with Crippen molar-refractivity contribution in [3.8, 4) is 5.69 Å². The molecule has 0 saturated heterocycles. The molecule has 0 amide bonds. The summed E-state index contributed by atoms with van der Waals surface area (Å²) in [6, 6.07) is 13.6. The Kier molecular flexibility index (Phi) is 4.77. The van der Waals surface area contributed by atoms with Gasteiger partial charge in [0, 0.05) is 5.75 Å². The van der Waals surface area contributed by atoms with Crippen molar-refractivity contribution >= 4 is 22.7 Å². The Bertz CT molecular complexity index is 1150. The molecule has 6 nitrogen and oxygen atoms in total. The summed E-state index contributed by atoms with van der Waals surface area (Å²) in [6.45, 7) is 4.76. The average Bonchev–Trinajstić information content (AvgIpc) is 3.17. The van der Waals surface area contributed by atoms with E-state index in [1.807, 2.05) is 50.2 Å². The molecule has 4 aromatic rings. The van der Waals surface area contributed by atoms with E-state index in [1.165, 1.54) is 11.9 Å². The third-order valence-electron chi connectivity index (χ3n) is 4.36. The summed E-state index contributed by atoms with van der Waals surface area (Å²) in [4.78, 5) is 22.0. The number of aryl methyl sites for hydroxylation is 3. The second kappa shape index (κ2) is 7.36. The minimum absolute atomic E-state index is 0.0455. The van der Waals surface area contributed by atoms with Gasteiger partial charge in [0.05, 0.1) is 23.1 Å². The summed E-state index contributed by atoms with van der Waals surface area (Å²) in [7, 11) is 0. The van der Waals surface area contributed by atoms with Crippen molar-refractivity contribution in [2.24, 2.45) is 0 Å². The summed E-state index contributed by atoms with van der Waals surface area (Å²) >= 11 is 1.55.